The number of rotatable bonds is 1. The van der Waals surface area contributed by atoms with E-state index in [0.29, 0.717) is 29.4 Å². The van der Waals surface area contributed by atoms with Gasteiger partial charge in [-0.3, -0.25) is 4.79 Å². The van der Waals surface area contributed by atoms with Crippen LogP contribution in [-0.2, 0) is 13.0 Å². The van der Waals surface area contributed by atoms with Crippen LogP contribution in [0.15, 0.2) is 30.7 Å². The fourth-order valence-corrected chi connectivity index (χ4v) is 3.37. The molecule has 0 radical (unpaired) electrons. The van der Waals surface area contributed by atoms with E-state index in [1.807, 2.05) is 30.0 Å². The molecule has 5 nitrogen and oxygen atoms in total. The molecule has 0 bridgehead atoms. The summed E-state index contributed by atoms with van der Waals surface area (Å²) in [4.78, 5) is 26.1. The highest BCUT2D eigenvalue weighted by molar-refractivity contribution is 6.35. The first-order valence-electron chi connectivity index (χ1n) is 7.49. The number of aryl methyl sites for hydroxylation is 1. The van der Waals surface area contributed by atoms with Crippen molar-refractivity contribution in [3.05, 3.63) is 58.3 Å². The molecule has 3 aromatic rings. The third-order valence-corrected chi connectivity index (χ3v) is 4.70. The monoisotopic (exact) mass is 326 g/mol. The number of carbonyl (C=O) groups is 1. The van der Waals surface area contributed by atoms with Gasteiger partial charge in [-0.2, -0.15) is 0 Å². The summed E-state index contributed by atoms with van der Waals surface area (Å²) in [6.07, 6.45) is 3.84. The number of amides is 1. The van der Waals surface area contributed by atoms with Crippen molar-refractivity contribution in [3.8, 4) is 0 Å². The van der Waals surface area contributed by atoms with Gasteiger partial charge in [-0.05, 0) is 13.0 Å². The van der Waals surface area contributed by atoms with Crippen molar-refractivity contribution < 1.29 is 4.79 Å². The molecular weight excluding hydrogens is 312 g/mol. The van der Waals surface area contributed by atoms with E-state index in [2.05, 4.69) is 15.0 Å². The summed E-state index contributed by atoms with van der Waals surface area (Å²) >= 11 is 6.26. The summed E-state index contributed by atoms with van der Waals surface area (Å²) in [5, 5.41) is 1.80. The molecule has 1 aliphatic rings. The summed E-state index contributed by atoms with van der Waals surface area (Å²) in [5.74, 6) is -0.0230. The molecule has 6 heteroatoms. The Balaban J connectivity index is 1.71. The molecule has 0 saturated carbocycles. The lowest BCUT2D eigenvalue weighted by Crippen LogP contribution is -2.36. The Labute approximate surface area is 138 Å². The molecule has 1 amide bonds. The average molecular weight is 327 g/mol. The zero-order valence-electron chi connectivity index (χ0n) is 12.6. The fraction of sp³-hybridized carbons (Fsp3) is 0.235. The highest BCUT2D eigenvalue weighted by Crippen LogP contribution is 2.32. The topological polar surface area (TPSA) is 61.9 Å². The van der Waals surface area contributed by atoms with Crippen LogP contribution in [0.3, 0.4) is 0 Å². The Kier molecular flexibility index (Phi) is 3.31. The molecule has 1 N–H and O–H groups in total. The molecule has 23 heavy (non-hydrogen) atoms. The maximum atomic E-state index is 12.8. The number of aromatic nitrogens is 3. The number of hydrogen-bond donors (Lipinski definition) is 1. The van der Waals surface area contributed by atoms with Gasteiger partial charge in [-0.15, -0.1) is 0 Å². The lowest BCUT2D eigenvalue weighted by Gasteiger charge is -2.27. The summed E-state index contributed by atoms with van der Waals surface area (Å²) in [6, 6.07) is 5.86. The van der Waals surface area contributed by atoms with Crippen LogP contribution in [0.25, 0.3) is 10.9 Å². The number of halogens is 1. The predicted octanol–water partition coefficient (Wildman–Crippen LogP) is 3.12. The number of benzene rings is 1. The molecule has 4 rings (SSSR count). The van der Waals surface area contributed by atoms with Gasteiger partial charge in [0.15, 0.2) is 0 Å². The van der Waals surface area contributed by atoms with Crippen LogP contribution < -0.4 is 0 Å². The molecule has 1 aromatic carbocycles. The van der Waals surface area contributed by atoms with E-state index in [1.54, 1.807) is 6.20 Å². The largest absolute Gasteiger partial charge is 0.357 e. The minimum absolute atomic E-state index is 0.0230. The first-order chi connectivity index (χ1) is 11.1. The molecule has 0 spiro atoms. The summed E-state index contributed by atoms with van der Waals surface area (Å²) in [7, 11) is 0. The van der Waals surface area contributed by atoms with Gasteiger partial charge < -0.3 is 9.88 Å². The van der Waals surface area contributed by atoms with Crippen LogP contribution in [0.5, 0.6) is 0 Å². The van der Waals surface area contributed by atoms with E-state index in [-0.39, 0.29) is 5.91 Å². The van der Waals surface area contributed by atoms with Gasteiger partial charge in [-0.25, -0.2) is 9.97 Å². The average Bonchev–Trinajstić information content (AvgIpc) is 2.94. The fourth-order valence-electron chi connectivity index (χ4n) is 3.15. The molecule has 1 aliphatic heterocycles. The SMILES string of the molecule is Cc1ncncc1C(=O)N1CCc2[nH]c3c(Cl)cccc3c2C1. The number of nitrogens with zero attached hydrogens (tertiary/aromatic N) is 3. The number of carbonyl (C=O) groups excluding carboxylic acids is 1. The van der Waals surface area contributed by atoms with E-state index < -0.39 is 0 Å². The Bertz CT molecular complexity index is 918. The molecule has 0 saturated heterocycles. The van der Waals surface area contributed by atoms with Gasteiger partial charge >= 0.3 is 0 Å². The summed E-state index contributed by atoms with van der Waals surface area (Å²) < 4.78 is 0. The molecule has 116 valence electrons. The zero-order chi connectivity index (χ0) is 16.0. The normalized spacial score (nSPS) is 14.1. The molecular formula is C17H15ClN4O. The van der Waals surface area contributed by atoms with Crippen molar-refractivity contribution in [3.63, 3.8) is 0 Å². The zero-order valence-corrected chi connectivity index (χ0v) is 13.4. The number of aromatic amines is 1. The number of fused-ring (bicyclic) bond motifs is 3. The van der Waals surface area contributed by atoms with Crippen molar-refractivity contribution in [2.24, 2.45) is 0 Å². The number of para-hydroxylation sites is 1. The number of H-pyrrole nitrogens is 1. The molecule has 0 unspecified atom stereocenters. The third kappa shape index (κ3) is 2.28. The molecule has 0 fully saturated rings. The second-order valence-electron chi connectivity index (χ2n) is 5.74. The third-order valence-electron chi connectivity index (χ3n) is 4.39. The van der Waals surface area contributed by atoms with E-state index in [4.69, 9.17) is 11.6 Å². The first-order valence-corrected chi connectivity index (χ1v) is 7.87. The van der Waals surface area contributed by atoms with Crippen LogP contribution in [0.1, 0.15) is 27.3 Å². The summed E-state index contributed by atoms with van der Waals surface area (Å²) in [6.45, 7) is 3.07. The van der Waals surface area contributed by atoms with Gasteiger partial charge in [0.25, 0.3) is 5.91 Å². The van der Waals surface area contributed by atoms with E-state index >= 15 is 0 Å². The van der Waals surface area contributed by atoms with E-state index in [1.165, 1.54) is 6.33 Å². The highest BCUT2D eigenvalue weighted by Gasteiger charge is 2.26. The number of hydrogen-bond acceptors (Lipinski definition) is 3. The van der Waals surface area contributed by atoms with E-state index in [9.17, 15) is 4.79 Å². The lowest BCUT2D eigenvalue weighted by molar-refractivity contribution is 0.0733. The second-order valence-corrected chi connectivity index (χ2v) is 6.15. The first kappa shape index (κ1) is 14.2. The van der Waals surface area contributed by atoms with Gasteiger partial charge in [0, 0.05) is 42.4 Å². The van der Waals surface area contributed by atoms with Gasteiger partial charge in [0.2, 0.25) is 0 Å². The van der Waals surface area contributed by atoms with Crippen LogP contribution >= 0.6 is 11.6 Å². The lowest BCUT2D eigenvalue weighted by atomic mass is 10.0. The van der Waals surface area contributed by atoms with Gasteiger partial charge in [0.1, 0.15) is 6.33 Å². The molecule has 3 heterocycles. The quantitative estimate of drug-likeness (QED) is 0.747. The molecule has 2 aromatic heterocycles. The van der Waals surface area contributed by atoms with Crippen LogP contribution in [-0.4, -0.2) is 32.3 Å². The van der Waals surface area contributed by atoms with E-state index in [0.717, 1.165) is 28.6 Å². The van der Waals surface area contributed by atoms with Gasteiger partial charge in [0.05, 0.1) is 21.8 Å². The smallest absolute Gasteiger partial charge is 0.257 e. The van der Waals surface area contributed by atoms with Crippen molar-refractivity contribution in [1.29, 1.82) is 0 Å². The Hall–Kier alpha value is -2.40. The summed E-state index contributed by atoms with van der Waals surface area (Å²) in [5.41, 5.74) is 4.54. The van der Waals surface area contributed by atoms with Crippen molar-refractivity contribution in [2.45, 2.75) is 19.9 Å². The maximum absolute atomic E-state index is 12.8. The van der Waals surface area contributed by atoms with Gasteiger partial charge in [-0.1, -0.05) is 23.7 Å². The Morgan fingerprint density at radius 1 is 1.39 bits per heavy atom. The Morgan fingerprint density at radius 3 is 3.09 bits per heavy atom. The van der Waals surface area contributed by atoms with Crippen LogP contribution in [0.4, 0.5) is 0 Å². The maximum Gasteiger partial charge on any atom is 0.257 e. The van der Waals surface area contributed by atoms with Crippen LogP contribution in [0.2, 0.25) is 5.02 Å². The molecule has 0 aliphatic carbocycles. The minimum Gasteiger partial charge on any atom is -0.357 e. The van der Waals surface area contributed by atoms with Crippen molar-refractivity contribution >= 4 is 28.4 Å². The predicted molar refractivity (Wildman–Crippen MR) is 88.5 cm³/mol. The second kappa shape index (κ2) is 5.35. The number of nitrogens with one attached hydrogen (secondary N) is 1. The van der Waals surface area contributed by atoms with Crippen LogP contribution in [0, 0.1) is 6.92 Å². The highest BCUT2D eigenvalue weighted by atomic mass is 35.5. The Morgan fingerprint density at radius 2 is 2.26 bits per heavy atom. The van der Waals surface area contributed by atoms with Crippen molar-refractivity contribution in [2.75, 3.05) is 6.54 Å². The molecule has 0 atom stereocenters. The minimum atomic E-state index is -0.0230. The van der Waals surface area contributed by atoms with Crippen molar-refractivity contribution in [1.82, 2.24) is 19.9 Å². The standard InChI is InChI=1S/C17H15ClN4O/c1-10-12(7-19-9-20-10)17(23)22-6-5-15-13(8-22)11-3-2-4-14(18)16(11)21-15/h2-4,7,9,21H,5-6,8H2,1H3.